The normalized spacial score (nSPS) is 48.5. The fraction of sp³-hybridized carbons (Fsp3) is 0.727. The molecule has 0 aliphatic heterocycles. The zero-order valence-corrected chi connectivity index (χ0v) is 16.2. The number of fused-ring (bicyclic) bond motifs is 5. The topological polar surface area (TPSA) is 103 Å². The molecule has 4 aliphatic rings. The van der Waals surface area contributed by atoms with E-state index in [0.29, 0.717) is 6.42 Å². The van der Waals surface area contributed by atoms with E-state index in [9.17, 15) is 19.8 Å². The Balaban J connectivity index is 1.76. The van der Waals surface area contributed by atoms with Gasteiger partial charge >= 0.3 is 0 Å². The number of hydrogen-bond donors (Lipinski definition) is 2. The predicted molar refractivity (Wildman–Crippen MR) is 99.3 cm³/mol. The summed E-state index contributed by atoms with van der Waals surface area (Å²) in [7, 11) is 0. The summed E-state index contributed by atoms with van der Waals surface area (Å²) in [4.78, 5) is 24.5. The molecule has 5 heteroatoms. The first-order chi connectivity index (χ1) is 12.8. The fourth-order valence-electron chi connectivity index (χ4n) is 7.47. The van der Waals surface area contributed by atoms with Gasteiger partial charge in [0.2, 0.25) is 0 Å². The number of carbonyl (C=O) groups excluding carboxylic acids is 2. The summed E-state index contributed by atoms with van der Waals surface area (Å²) >= 11 is 0. The SMILES string of the molecule is C[C@@H]1CC2C3CCC4=CC(=O)C=CC4(C)C3C(O)C[C@]2(C[O-])[C@H]1C(=O)CN. The van der Waals surface area contributed by atoms with Gasteiger partial charge in [0.25, 0.3) is 0 Å². The molecule has 0 aromatic rings. The highest BCUT2D eigenvalue weighted by Gasteiger charge is 2.64. The molecule has 4 aliphatic carbocycles. The van der Waals surface area contributed by atoms with Gasteiger partial charge in [-0.2, -0.15) is 0 Å². The van der Waals surface area contributed by atoms with Crippen molar-refractivity contribution in [1.29, 1.82) is 0 Å². The van der Waals surface area contributed by atoms with Crippen molar-refractivity contribution in [3.63, 3.8) is 0 Å². The maximum atomic E-state index is 12.6. The van der Waals surface area contributed by atoms with Gasteiger partial charge in [0, 0.05) is 17.3 Å². The summed E-state index contributed by atoms with van der Waals surface area (Å²) in [6, 6.07) is 0. The van der Waals surface area contributed by atoms with Crippen molar-refractivity contribution in [3.05, 3.63) is 23.8 Å². The Morgan fingerprint density at radius 2 is 2.19 bits per heavy atom. The van der Waals surface area contributed by atoms with Crippen LogP contribution in [0.3, 0.4) is 0 Å². The molecule has 3 saturated carbocycles. The van der Waals surface area contributed by atoms with E-state index < -0.39 is 11.5 Å². The Labute approximate surface area is 160 Å². The lowest BCUT2D eigenvalue weighted by atomic mass is 9.46. The van der Waals surface area contributed by atoms with E-state index in [2.05, 4.69) is 13.8 Å². The second kappa shape index (κ2) is 6.36. The fourth-order valence-corrected chi connectivity index (χ4v) is 7.47. The van der Waals surface area contributed by atoms with E-state index in [1.165, 1.54) is 0 Å². The van der Waals surface area contributed by atoms with Gasteiger partial charge in [-0.1, -0.05) is 25.5 Å². The molecule has 5 nitrogen and oxygen atoms in total. The van der Waals surface area contributed by atoms with Crippen LogP contribution in [0.15, 0.2) is 23.8 Å². The van der Waals surface area contributed by atoms with Gasteiger partial charge in [-0.15, -0.1) is 6.61 Å². The molecule has 0 aromatic heterocycles. The number of nitrogens with two attached hydrogens (primary N) is 1. The van der Waals surface area contributed by atoms with Crippen molar-refractivity contribution in [1.82, 2.24) is 0 Å². The molecular formula is C22H30NO4-. The van der Waals surface area contributed by atoms with Crippen molar-refractivity contribution in [3.8, 4) is 0 Å². The summed E-state index contributed by atoms with van der Waals surface area (Å²) in [5.74, 6) is 0.1000. The first kappa shape index (κ1) is 19.0. The zero-order chi connectivity index (χ0) is 19.6. The molecule has 0 amide bonds. The number of aliphatic hydroxyl groups is 1. The van der Waals surface area contributed by atoms with E-state index in [4.69, 9.17) is 5.73 Å². The summed E-state index contributed by atoms with van der Waals surface area (Å²) < 4.78 is 0. The molecule has 0 saturated heterocycles. The maximum absolute atomic E-state index is 12.6. The predicted octanol–water partition coefficient (Wildman–Crippen LogP) is 0.996. The van der Waals surface area contributed by atoms with Gasteiger partial charge in [0.1, 0.15) is 5.78 Å². The van der Waals surface area contributed by atoms with Gasteiger partial charge in [-0.25, -0.2) is 0 Å². The lowest BCUT2D eigenvalue weighted by molar-refractivity contribution is -0.406. The van der Waals surface area contributed by atoms with Crippen molar-refractivity contribution in [2.45, 2.75) is 45.6 Å². The molecule has 27 heavy (non-hydrogen) atoms. The van der Waals surface area contributed by atoms with E-state index in [0.717, 1.165) is 24.8 Å². The summed E-state index contributed by atoms with van der Waals surface area (Å²) in [6.07, 6.45) is 7.57. The minimum absolute atomic E-state index is 0.00884. The standard InChI is InChI=1S/C22H30NO4/c1-12-7-16-15-4-3-13-8-14(25)5-6-21(13,2)20(15)17(26)9-22(16,11-24)19(12)18(27)10-23/h5-6,8,12,15-17,19-20,26H,3-4,7,9-11,23H2,1-2H3/q-1/t12-,15?,16?,17?,19-,20?,21?,22-/m1/s1. The highest BCUT2D eigenvalue weighted by atomic mass is 16.3. The van der Waals surface area contributed by atoms with E-state index >= 15 is 0 Å². The second-order valence-corrected chi connectivity index (χ2v) is 9.53. The van der Waals surface area contributed by atoms with Crippen LogP contribution < -0.4 is 10.8 Å². The largest absolute Gasteiger partial charge is 0.854 e. The molecule has 0 heterocycles. The lowest BCUT2D eigenvalue weighted by Crippen LogP contribution is -2.60. The molecule has 3 N–H and O–H groups in total. The minimum atomic E-state index is -0.678. The van der Waals surface area contributed by atoms with Crippen molar-refractivity contribution < 1.29 is 19.8 Å². The number of hydrogen-bond acceptors (Lipinski definition) is 5. The van der Waals surface area contributed by atoms with Crippen LogP contribution in [0, 0.1) is 40.4 Å². The van der Waals surface area contributed by atoms with Crippen molar-refractivity contribution >= 4 is 11.6 Å². The van der Waals surface area contributed by atoms with Crippen LogP contribution >= 0.6 is 0 Å². The van der Waals surface area contributed by atoms with E-state index in [-0.39, 0.29) is 59.7 Å². The second-order valence-electron chi connectivity index (χ2n) is 9.53. The van der Waals surface area contributed by atoms with Crippen LogP contribution in [0.5, 0.6) is 0 Å². The van der Waals surface area contributed by atoms with Gasteiger partial charge < -0.3 is 15.9 Å². The summed E-state index contributed by atoms with van der Waals surface area (Å²) in [5, 5.41) is 23.8. The number of allylic oxidation sites excluding steroid dienone is 4. The average molecular weight is 372 g/mol. The van der Waals surface area contributed by atoms with Crippen LogP contribution in [-0.4, -0.2) is 35.9 Å². The number of Topliss-reactive ketones (excluding diaryl/α,β-unsaturated/α-hetero) is 1. The minimum Gasteiger partial charge on any atom is -0.854 e. The van der Waals surface area contributed by atoms with E-state index in [1.807, 2.05) is 6.08 Å². The molecule has 0 aromatic carbocycles. The Hall–Kier alpha value is -1.30. The lowest BCUT2D eigenvalue weighted by Gasteiger charge is -2.60. The molecule has 8 atom stereocenters. The Kier molecular flexibility index (Phi) is 4.48. The first-order valence-electron chi connectivity index (χ1n) is 10.2. The summed E-state index contributed by atoms with van der Waals surface area (Å²) in [5.41, 5.74) is 5.76. The number of aliphatic hydroxyl groups excluding tert-OH is 1. The maximum Gasteiger partial charge on any atom is 0.178 e. The molecule has 148 valence electrons. The molecule has 0 bridgehead atoms. The number of ketones is 2. The van der Waals surface area contributed by atoms with E-state index in [1.54, 1.807) is 12.2 Å². The third kappa shape index (κ3) is 2.48. The van der Waals surface area contributed by atoms with Crippen LogP contribution in [0.1, 0.15) is 39.5 Å². The number of carbonyl (C=O) groups is 2. The highest BCUT2D eigenvalue weighted by Crippen LogP contribution is 2.66. The van der Waals surface area contributed by atoms with Crippen molar-refractivity contribution in [2.75, 3.05) is 13.2 Å². The van der Waals surface area contributed by atoms with Crippen LogP contribution in [0.25, 0.3) is 0 Å². The highest BCUT2D eigenvalue weighted by molar-refractivity contribution is 6.01. The quantitative estimate of drug-likeness (QED) is 0.769. The summed E-state index contributed by atoms with van der Waals surface area (Å²) in [6.45, 7) is 3.81. The molecule has 5 unspecified atom stereocenters. The average Bonchev–Trinajstić information content (AvgIpc) is 2.93. The Bertz CT molecular complexity index is 728. The first-order valence-corrected chi connectivity index (χ1v) is 10.2. The van der Waals surface area contributed by atoms with Crippen molar-refractivity contribution in [2.24, 2.45) is 46.2 Å². The molecule has 4 rings (SSSR count). The molecule has 3 fully saturated rings. The Morgan fingerprint density at radius 3 is 2.85 bits per heavy atom. The molecular weight excluding hydrogens is 342 g/mol. The third-order valence-corrected chi connectivity index (χ3v) is 8.39. The van der Waals surface area contributed by atoms with Gasteiger partial charge in [-0.05, 0) is 61.0 Å². The monoisotopic (exact) mass is 372 g/mol. The third-order valence-electron chi connectivity index (χ3n) is 8.39. The van der Waals surface area contributed by atoms with Gasteiger partial charge in [-0.3, -0.25) is 9.59 Å². The van der Waals surface area contributed by atoms with Gasteiger partial charge in [0.15, 0.2) is 5.78 Å². The van der Waals surface area contributed by atoms with Crippen LogP contribution in [0.2, 0.25) is 0 Å². The molecule has 0 spiro atoms. The Morgan fingerprint density at radius 1 is 1.44 bits per heavy atom. The number of rotatable bonds is 3. The van der Waals surface area contributed by atoms with Crippen LogP contribution in [-0.2, 0) is 9.59 Å². The van der Waals surface area contributed by atoms with Gasteiger partial charge in [0.05, 0.1) is 12.6 Å². The van der Waals surface area contributed by atoms with Crippen LogP contribution in [0.4, 0.5) is 0 Å². The zero-order valence-electron chi connectivity index (χ0n) is 16.2. The molecule has 0 radical (unpaired) electrons. The smallest absolute Gasteiger partial charge is 0.178 e.